The van der Waals surface area contributed by atoms with Gasteiger partial charge < -0.3 is 14.4 Å². The average Bonchev–Trinajstić information content (AvgIpc) is 2.52. The molecule has 6 nitrogen and oxygen atoms in total. The van der Waals surface area contributed by atoms with Crippen molar-refractivity contribution in [3.8, 4) is 0 Å². The summed E-state index contributed by atoms with van der Waals surface area (Å²) in [6.45, 7) is 5.50. The standard InChI is InChI=1S/C17H23NO5/c1-5-22-16(20)14(17(21)23-6-2)11-15(19)18(4)13-9-7-12(3)8-10-13/h7-10,14H,5-6,11H2,1-4H3. The molecule has 23 heavy (non-hydrogen) atoms. The number of hydrogen-bond donors (Lipinski definition) is 0. The van der Waals surface area contributed by atoms with Crippen molar-refractivity contribution in [1.82, 2.24) is 0 Å². The van der Waals surface area contributed by atoms with Gasteiger partial charge in [0.05, 0.1) is 19.6 Å². The Labute approximate surface area is 136 Å². The molecule has 0 spiro atoms. The van der Waals surface area contributed by atoms with Gasteiger partial charge in [-0.2, -0.15) is 0 Å². The number of amides is 1. The van der Waals surface area contributed by atoms with E-state index in [0.717, 1.165) is 5.56 Å². The van der Waals surface area contributed by atoms with Crippen molar-refractivity contribution in [1.29, 1.82) is 0 Å². The van der Waals surface area contributed by atoms with E-state index in [-0.39, 0.29) is 25.5 Å². The lowest BCUT2D eigenvalue weighted by Gasteiger charge is -2.20. The van der Waals surface area contributed by atoms with Crippen LogP contribution in [0, 0.1) is 12.8 Å². The van der Waals surface area contributed by atoms with Crippen LogP contribution in [0.15, 0.2) is 24.3 Å². The minimum atomic E-state index is -1.24. The number of ether oxygens (including phenoxy) is 2. The van der Waals surface area contributed by atoms with Crippen LogP contribution in [0.25, 0.3) is 0 Å². The van der Waals surface area contributed by atoms with Crippen molar-refractivity contribution < 1.29 is 23.9 Å². The van der Waals surface area contributed by atoms with Crippen molar-refractivity contribution in [2.45, 2.75) is 27.2 Å². The molecule has 0 heterocycles. The summed E-state index contributed by atoms with van der Waals surface area (Å²) in [5, 5.41) is 0. The quantitative estimate of drug-likeness (QED) is 0.568. The lowest BCUT2D eigenvalue weighted by Crippen LogP contribution is -2.35. The molecule has 0 N–H and O–H groups in total. The second-order valence-electron chi connectivity index (χ2n) is 5.05. The first-order valence-electron chi connectivity index (χ1n) is 7.57. The van der Waals surface area contributed by atoms with Crippen LogP contribution in [0.5, 0.6) is 0 Å². The van der Waals surface area contributed by atoms with Gasteiger partial charge in [-0.3, -0.25) is 14.4 Å². The summed E-state index contributed by atoms with van der Waals surface area (Å²) in [7, 11) is 1.60. The minimum Gasteiger partial charge on any atom is -0.465 e. The minimum absolute atomic E-state index is 0.136. The SMILES string of the molecule is CCOC(=O)C(CC(=O)N(C)c1ccc(C)cc1)C(=O)OCC. The molecule has 0 saturated heterocycles. The fraction of sp³-hybridized carbons (Fsp3) is 0.471. The van der Waals surface area contributed by atoms with E-state index in [2.05, 4.69) is 0 Å². The molecule has 0 atom stereocenters. The van der Waals surface area contributed by atoms with Crippen LogP contribution < -0.4 is 4.90 Å². The Morgan fingerprint density at radius 1 is 1.00 bits per heavy atom. The van der Waals surface area contributed by atoms with Gasteiger partial charge in [0.2, 0.25) is 5.91 Å². The Morgan fingerprint density at radius 2 is 1.48 bits per heavy atom. The van der Waals surface area contributed by atoms with Crippen LogP contribution in [0.4, 0.5) is 5.69 Å². The predicted octanol–water partition coefficient (Wildman–Crippen LogP) is 2.09. The molecule has 0 aliphatic heterocycles. The van der Waals surface area contributed by atoms with Gasteiger partial charge in [0.15, 0.2) is 5.92 Å². The van der Waals surface area contributed by atoms with E-state index in [1.165, 1.54) is 4.90 Å². The van der Waals surface area contributed by atoms with Gasteiger partial charge in [0, 0.05) is 12.7 Å². The number of carbonyl (C=O) groups excluding carboxylic acids is 3. The number of nitrogens with zero attached hydrogens (tertiary/aromatic N) is 1. The molecule has 0 aromatic heterocycles. The third-order valence-electron chi connectivity index (χ3n) is 3.32. The maximum atomic E-state index is 12.4. The molecule has 0 bridgehead atoms. The summed E-state index contributed by atoms with van der Waals surface area (Å²) in [5.74, 6) is -3.08. The Kier molecular flexibility index (Phi) is 7.25. The number of aryl methyl sites for hydroxylation is 1. The molecule has 0 aliphatic rings. The zero-order valence-corrected chi connectivity index (χ0v) is 14.0. The maximum absolute atomic E-state index is 12.4. The molecular formula is C17H23NO5. The van der Waals surface area contributed by atoms with Crippen LogP contribution in [-0.4, -0.2) is 38.1 Å². The van der Waals surface area contributed by atoms with Gasteiger partial charge in [-0.05, 0) is 32.9 Å². The van der Waals surface area contributed by atoms with Gasteiger partial charge in [0.1, 0.15) is 0 Å². The Morgan fingerprint density at radius 3 is 1.91 bits per heavy atom. The first-order valence-corrected chi connectivity index (χ1v) is 7.57. The zero-order chi connectivity index (χ0) is 17.4. The second-order valence-corrected chi connectivity index (χ2v) is 5.05. The van der Waals surface area contributed by atoms with E-state index in [9.17, 15) is 14.4 Å². The highest BCUT2D eigenvalue weighted by atomic mass is 16.6. The Bertz CT molecular complexity index is 535. The van der Waals surface area contributed by atoms with Gasteiger partial charge in [0.25, 0.3) is 0 Å². The van der Waals surface area contributed by atoms with Crippen LogP contribution in [0.2, 0.25) is 0 Å². The summed E-state index contributed by atoms with van der Waals surface area (Å²) in [5.41, 5.74) is 1.76. The zero-order valence-electron chi connectivity index (χ0n) is 14.0. The first kappa shape index (κ1) is 18.7. The van der Waals surface area contributed by atoms with Crippen molar-refractivity contribution in [3.63, 3.8) is 0 Å². The van der Waals surface area contributed by atoms with Gasteiger partial charge >= 0.3 is 11.9 Å². The molecule has 1 aromatic rings. The molecule has 0 saturated carbocycles. The van der Waals surface area contributed by atoms with Crippen molar-refractivity contribution in [2.24, 2.45) is 5.92 Å². The van der Waals surface area contributed by atoms with E-state index >= 15 is 0 Å². The predicted molar refractivity (Wildman–Crippen MR) is 86.0 cm³/mol. The highest BCUT2D eigenvalue weighted by molar-refractivity contribution is 6.02. The van der Waals surface area contributed by atoms with E-state index in [1.54, 1.807) is 33.0 Å². The normalized spacial score (nSPS) is 10.3. The fourth-order valence-corrected chi connectivity index (χ4v) is 1.97. The molecule has 0 unspecified atom stereocenters. The van der Waals surface area contributed by atoms with Crippen LogP contribution in [0.3, 0.4) is 0 Å². The number of carbonyl (C=O) groups is 3. The van der Waals surface area contributed by atoms with Crippen molar-refractivity contribution in [2.75, 3.05) is 25.2 Å². The van der Waals surface area contributed by atoms with Gasteiger partial charge in [-0.25, -0.2) is 0 Å². The molecule has 126 valence electrons. The Balaban J connectivity index is 2.84. The summed E-state index contributed by atoms with van der Waals surface area (Å²) >= 11 is 0. The molecular weight excluding hydrogens is 298 g/mol. The smallest absolute Gasteiger partial charge is 0.320 e. The molecule has 1 amide bonds. The van der Waals surface area contributed by atoms with Crippen LogP contribution in [-0.2, 0) is 23.9 Å². The number of anilines is 1. The molecule has 6 heteroatoms. The second kappa shape index (κ2) is 8.92. The van der Waals surface area contributed by atoms with Crippen molar-refractivity contribution in [3.05, 3.63) is 29.8 Å². The average molecular weight is 321 g/mol. The molecule has 0 radical (unpaired) electrons. The van der Waals surface area contributed by atoms with E-state index < -0.39 is 17.9 Å². The third kappa shape index (κ3) is 5.39. The van der Waals surface area contributed by atoms with E-state index in [4.69, 9.17) is 9.47 Å². The van der Waals surface area contributed by atoms with Crippen molar-refractivity contribution >= 4 is 23.5 Å². The maximum Gasteiger partial charge on any atom is 0.320 e. The topological polar surface area (TPSA) is 72.9 Å². The monoisotopic (exact) mass is 321 g/mol. The van der Waals surface area contributed by atoms with Gasteiger partial charge in [-0.15, -0.1) is 0 Å². The van der Waals surface area contributed by atoms with Gasteiger partial charge in [-0.1, -0.05) is 17.7 Å². The Hall–Kier alpha value is -2.37. The summed E-state index contributed by atoms with van der Waals surface area (Å²) in [6, 6.07) is 7.37. The number of esters is 2. The fourth-order valence-electron chi connectivity index (χ4n) is 1.97. The van der Waals surface area contributed by atoms with E-state index in [0.29, 0.717) is 5.69 Å². The summed E-state index contributed by atoms with van der Waals surface area (Å²) < 4.78 is 9.73. The highest BCUT2D eigenvalue weighted by Gasteiger charge is 2.33. The third-order valence-corrected chi connectivity index (χ3v) is 3.32. The molecule has 0 fully saturated rings. The van der Waals surface area contributed by atoms with Crippen LogP contribution >= 0.6 is 0 Å². The molecule has 1 aromatic carbocycles. The number of hydrogen-bond acceptors (Lipinski definition) is 5. The van der Waals surface area contributed by atoms with E-state index in [1.807, 2.05) is 19.1 Å². The summed E-state index contributed by atoms with van der Waals surface area (Å²) in [6.07, 6.45) is -0.290. The molecule has 0 aliphatic carbocycles. The first-order chi connectivity index (χ1) is 10.9. The largest absolute Gasteiger partial charge is 0.465 e. The highest BCUT2D eigenvalue weighted by Crippen LogP contribution is 2.17. The number of rotatable bonds is 7. The number of benzene rings is 1. The van der Waals surface area contributed by atoms with Crippen LogP contribution in [0.1, 0.15) is 25.8 Å². The molecule has 1 rings (SSSR count). The summed E-state index contributed by atoms with van der Waals surface area (Å²) in [4.78, 5) is 37.6. The lowest BCUT2D eigenvalue weighted by molar-refractivity contribution is -0.163. The lowest BCUT2D eigenvalue weighted by atomic mass is 10.0.